The Bertz CT molecular complexity index is 411. The van der Waals surface area contributed by atoms with E-state index in [0.29, 0.717) is 12.5 Å². The maximum Gasteiger partial charge on any atom is 0.115 e. The van der Waals surface area contributed by atoms with Crippen molar-refractivity contribution >= 4 is 17.4 Å². The molecule has 0 spiro atoms. The molecule has 0 bridgehead atoms. The molecular weight excluding hydrogens is 246 g/mol. The van der Waals surface area contributed by atoms with Gasteiger partial charge in [-0.25, -0.2) is 5.84 Å². The van der Waals surface area contributed by atoms with Crippen molar-refractivity contribution in [1.82, 2.24) is 5.43 Å². The Morgan fingerprint density at radius 2 is 2.11 bits per heavy atom. The molecule has 1 saturated carbocycles. The lowest BCUT2D eigenvalue weighted by Gasteiger charge is -2.19. The molecule has 0 aromatic heterocycles. The molecule has 0 aliphatic heterocycles. The number of hydrazine groups is 1. The topological polar surface area (TPSA) is 50.4 Å². The van der Waals surface area contributed by atoms with Gasteiger partial charge < -0.3 is 5.43 Å². The second-order valence-electron chi connectivity index (χ2n) is 4.82. The number of rotatable bonds is 3. The van der Waals surface area contributed by atoms with E-state index in [2.05, 4.69) is 5.43 Å². The SMILES string of the molecule is NNC(Cc1cccc(Cl)c1)=NC1CCCCC1. The molecule has 2 rings (SSSR count). The molecule has 1 fully saturated rings. The van der Waals surface area contributed by atoms with Crippen LogP contribution in [0.25, 0.3) is 0 Å². The van der Waals surface area contributed by atoms with Gasteiger partial charge in [-0.3, -0.25) is 4.99 Å². The quantitative estimate of drug-likeness (QED) is 0.382. The molecule has 0 amide bonds. The summed E-state index contributed by atoms with van der Waals surface area (Å²) in [5.41, 5.74) is 3.86. The summed E-state index contributed by atoms with van der Waals surface area (Å²) >= 11 is 5.97. The van der Waals surface area contributed by atoms with Crippen LogP contribution in [0.5, 0.6) is 0 Å². The lowest BCUT2D eigenvalue weighted by molar-refractivity contribution is 0.442. The van der Waals surface area contributed by atoms with Gasteiger partial charge in [0.15, 0.2) is 0 Å². The number of nitrogens with one attached hydrogen (secondary N) is 1. The van der Waals surface area contributed by atoms with Crippen molar-refractivity contribution in [2.24, 2.45) is 10.8 Å². The second-order valence-corrected chi connectivity index (χ2v) is 5.26. The standard InChI is InChI=1S/C14H20ClN3/c15-12-6-4-5-11(9-12)10-14(18-16)17-13-7-2-1-3-8-13/h4-6,9,13H,1-3,7-8,10,16H2,(H,17,18). The van der Waals surface area contributed by atoms with Crippen molar-refractivity contribution in [3.05, 3.63) is 34.9 Å². The largest absolute Gasteiger partial charge is 0.312 e. The number of nitrogens with two attached hydrogens (primary N) is 1. The van der Waals surface area contributed by atoms with E-state index in [1.165, 1.54) is 32.1 Å². The highest BCUT2D eigenvalue weighted by Crippen LogP contribution is 2.20. The highest BCUT2D eigenvalue weighted by molar-refractivity contribution is 6.30. The first kappa shape index (κ1) is 13.4. The zero-order valence-corrected chi connectivity index (χ0v) is 11.3. The van der Waals surface area contributed by atoms with Crippen LogP contribution < -0.4 is 11.3 Å². The molecule has 0 atom stereocenters. The monoisotopic (exact) mass is 265 g/mol. The van der Waals surface area contributed by atoms with Gasteiger partial charge in [-0.2, -0.15) is 0 Å². The molecular formula is C14H20ClN3. The Hall–Kier alpha value is -1.06. The number of aliphatic imine (C=N–C) groups is 1. The van der Waals surface area contributed by atoms with E-state index in [0.717, 1.165) is 16.4 Å². The van der Waals surface area contributed by atoms with Gasteiger partial charge in [-0.05, 0) is 30.5 Å². The van der Waals surface area contributed by atoms with Crippen LogP contribution in [-0.2, 0) is 6.42 Å². The van der Waals surface area contributed by atoms with Crippen molar-refractivity contribution in [1.29, 1.82) is 0 Å². The number of amidine groups is 1. The lowest BCUT2D eigenvalue weighted by Crippen LogP contribution is -2.33. The van der Waals surface area contributed by atoms with Gasteiger partial charge in [0.25, 0.3) is 0 Å². The fourth-order valence-corrected chi connectivity index (χ4v) is 2.62. The molecule has 98 valence electrons. The molecule has 1 aromatic rings. The normalized spacial score (nSPS) is 17.8. The molecule has 4 heteroatoms. The number of nitrogens with zero attached hydrogens (tertiary/aromatic N) is 1. The Morgan fingerprint density at radius 1 is 1.33 bits per heavy atom. The Morgan fingerprint density at radius 3 is 2.78 bits per heavy atom. The van der Waals surface area contributed by atoms with Gasteiger partial charge >= 0.3 is 0 Å². The maximum atomic E-state index is 5.97. The molecule has 0 heterocycles. The van der Waals surface area contributed by atoms with Crippen LogP contribution in [0.4, 0.5) is 0 Å². The fourth-order valence-electron chi connectivity index (χ4n) is 2.40. The molecule has 18 heavy (non-hydrogen) atoms. The summed E-state index contributed by atoms with van der Waals surface area (Å²) in [7, 11) is 0. The maximum absolute atomic E-state index is 5.97. The molecule has 1 aromatic carbocycles. The predicted octanol–water partition coefficient (Wildman–Crippen LogP) is 3.08. The van der Waals surface area contributed by atoms with Crippen LogP contribution in [0.15, 0.2) is 29.3 Å². The molecule has 0 saturated heterocycles. The van der Waals surface area contributed by atoms with Gasteiger partial charge in [0.05, 0.1) is 6.04 Å². The number of hydrogen-bond donors (Lipinski definition) is 2. The summed E-state index contributed by atoms with van der Waals surface area (Å²) in [4.78, 5) is 4.72. The highest BCUT2D eigenvalue weighted by Gasteiger charge is 2.13. The third-order valence-electron chi connectivity index (χ3n) is 3.34. The second kappa shape index (κ2) is 6.76. The number of hydrogen-bond acceptors (Lipinski definition) is 2. The first-order valence-corrected chi connectivity index (χ1v) is 6.93. The van der Waals surface area contributed by atoms with E-state index in [1.807, 2.05) is 24.3 Å². The molecule has 1 aliphatic carbocycles. The summed E-state index contributed by atoms with van der Waals surface area (Å²) in [6, 6.07) is 8.25. The highest BCUT2D eigenvalue weighted by atomic mass is 35.5. The minimum Gasteiger partial charge on any atom is -0.312 e. The van der Waals surface area contributed by atoms with Crippen molar-refractivity contribution < 1.29 is 0 Å². The minimum atomic E-state index is 0.434. The average Bonchev–Trinajstić information content (AvgIpc) is 2.39. The van der Waals surface area contributed by atoms with Gasteiger partial charge in [0.1, 0.15) is 5.84 Å². The van der Waals surface area contributed by atoms with Crippen LogP contribution >= 0.6 is 11.6 Å². The van der Waals surface area contributed by atoms with Gasteiger partial charge in [-0.15, -0.1) is 0 Å². The average molecular weight is 266 g/mol. The Kier molecular flexibility index (Phi) is 5.02. The zero-order chi connectivity index (χ0) is 12.8. The first-order chi connectivity index (χ1) is 8.78. The smallest absolute Gasteiger partial charge is 0.115 e. The van der Waals surface area contributed by atoms with E-state index in [4.69, 9.17) is 22.4 Å². The van der Waals surface area contributed by atoms with Crippen LogP contribution in [0.2, 0.25) is 5.02 Å². The van der Waals surface area contributed by atoms with Crippen LogP contribution in [0, 0.1) is 0 Å². The summed E-state index contributed by atoms with van der Waals surface area (Å²) in [6.07, 6.45) is 6.98. The van der Waals surface area contributed by atoms with Gasteiger partial charge in [0.2, 0.25) is 0 Å². The van der Waals surface area contributed by atoms with Crippen LogP contribution in [0.1, 0.15) is 37.7 Å². The summed E-state index contributed by atoms with van der Waals surface area (Å²) < 4.78 is 0. The lowest BCUT2D eigenvalue weighted by atomic mass is 9.96. The summed E-state index contributed by atoms with van der Waals surface area (Å²) in [5.74, 6) is 6.41. The van der Waals surface area contributed by atoms with E-state index < -0.39 is 0 Å². The van der Waals surface area contributed by atoms with E-state index in [-0.39, 0.29) is 0 Å². The molecule has 0 unspecified atom stereocenters. The summed E-state index contributed by atoms with van der Waals surface area (Å²) in [5, 5.41) is 0.751. The first-order valence-electron chi connectivity index (χ1n) is 6.55. The van der Waals surface area contributed by atoms with Crippen LogP contribution in [-0.4, -0.2) is 11.9 Å². The fraction of sp³-hybridized carbons (Fsp3) is 0.500. The predicted molar refractivity (Wildman–Crippen MR) is 76.8 cm³/mol. The van der Waals surface area contributed by atoms with E-state index in [1.54, 1.807) is 0 Å². The van der Waals surface area contributed by atoms with E-state index in [9.17, 15) is 0 Å². The zero-order valence-electron chi connectivity index (χ0n) is 10.5. The van der Waals surface area contributed by atoms with Crippen molar-refractivity contribution in [3.63, 3.8) is 0 Å². The van der Waals surface area contributed by atoms with Crippen molar-refractivity contribution in [3.8, 4) is 0 Å². The van der Waals surface area contributed by atoms with Crippen LogP contribution in [0.3, 0.4) is 0 Å². The van der Waals surface area contributed by atoms with Crippen molar-refractivity contribution in [2.45, 2.75) is 44.6 Å². The Labute approximate surface area is 113 Å². The minimum absolute atomic E-state index is 0.434. The van der Waals surface area contributed by atoms with Crippen molar-refractivity contribution in [2.75, 3.05) is 0 Å². The number of benzene rings is 1. The third-order valence-corrected chi connectivity index (χ3v) is 3.58. The number of halogens is 1. The van der Waals surface area contributed by atoms with Gasteiger partial charge in [0, 0.05) is 11.4 Å². The molecule has 3 N–H and O–H groups in total. The van der Waals surface area contributed by atoms with Gasteiger partial charge in [-0.1, -0.05) is 43.0 Å². The molecule has 0 radical (unpaired) electrons. The van der Waals surface area contributed by atoms with E-state index >= 15 is 0 Å². The Balaban J connectivity index is 2.01. The molecule has 1 aliphatic rings. The summed E-state index contributed by atoms with van der Waals surface area (Å²) in [6.45, 7) is 0. The third kappa shape index (κ3) is 4.00. The molecule has 3 nitrogen and oxygen atoms in total.